The van der Waals surface area contributed by atoms with Gasteiger partial charge in [0.2, 0.25) is 5.91 Å². The van der Waals surface area contributed by atoms with Crippen LogP contribution in [0.25, 0.3) is 15.2 Å². The van der Waals surface area contributed by atoms with E-state index in [4.69, 9.17) is 9.47 Å². The predicted molar refractivity (Wildman–Crippen MR) is 150 cm³/mol. The zero-order chi connectivity index (χ0) is 29.4. The van der Waals surface area contributed by atoms with Crippen LogP contribution in [0, 0.1) is 12.7 Å². The summed E-state index contributed by atoms with van der Waals surface area (Å²) in [5, 5.41) is 5.23. The second-order valence-corrected chi connectivity index (χ2v) is 11.0. The summed E-state index contributed by atoms with van der Waals surface area (Å²) in [6, 6.07) is 4.77. The van der Waals surface area contributed by atoms with E-state index in [-0.39, 0.29) is 36.6 Å². The van der Waals surface area contributed by atoms with Crippen LogP contribution in [0.2, 0.25) is 0 Å². The molecule has 0 unspecified atom stereocenters. The van der Waals surface area contributed by atoms with E-state index in [9.17, 15) is 23.6 Å². The summed E-state index contributed by atoms with van der Waals surface area (Å²) < 4.78 is 30.0. The monoisotopic (exact) mass is 583 g/mol. The molecule has 1 aliphatic heterocycles. The minimum Gasteiger partial charge on any atom is -0.496 e. The van der Waals surface area contributed by atoms with Crippen LogP contribution in [-0.2, 0) is 20.9 Å². The molecule has 13 heteroatoms. The predicted octanol–water partition coefficient (Wildman–Crippen LogP) is 3.01. The van der Waals surface area contributed by atoms with Crippen molar-refractivity contribution in [3.8, 4) is 10.8 Å². The van der Waals surface area contributed by atoms with E-state index in [1.165, 1.54) is 53.0 Å². The number of ether oxygens (including phenoxy) is 2. The number of hydrogen-bond acceptors (Lipinski definition) is 8. The first-order chi connectivity index (χ1) is 19.6. The quantitative estimate of drug-likeness (QED) is 0.282. The number of nitrogens with zero attached hydrogens (tertiary/aromatic N) is 5. The summed E-state index contributed by atoms with van der Waals surface area (Å²) in [4.78, 5) is 54.6. The number of carbonyl (C=O) groups excluding carboxylic acids is 2. The first-order valence-electron chi connectivity index (χ1n) is 13.1. The molecule has 1 aliphatic rings. The molecule has 0 saturated carbocycles. The number of Topliss-reactive ketones (excluding diaryl/α,β-unsaturated/α-hetero) is 1. The lowest BCUT2D eigenvalue weighted by atomic mass is 10.1. The molecule has 2 atom stereocenters. The highest BCUT2D eigenvalue weighted by Gasteiger charge is 2.35. The first kappa shape index (κ1) is 28.4. The summed E-state index contributed by atoms with van der Waals surface area (Å²) in [6.07, 6.45) is 2.84. The Morgan fingerprint density at radius 3 is 2.68 bits per heavy atom. The van der Waals surface area contributed by atoms with Crippen molar-refractivity contribution in [1.82, 2.24) is 23.8 Å². The highest BCUT2D eigenvalue weighted by Crippen LogP contribution is 2.34. The Kier molecular flexibility index (Phi) is 7.91. The molecule has 1 saturated heterocycles. The van der Waals surface area contributed by atoms with Crippen LogP contribution in [0.1, 0.15) is 43.0 Å². The number of rotatable bonds is 10. The fraction of sp³-hybridized carbons (Fsp3) is 0.393. The van der Waals surface area contributed by atoms with Crippen molar-refractivity contribution in [1.29, 1.82) is 0 Å². The highest BCUT2D eigenvalue weighted by atomic mass is 32.1. The van der Waals surface area contributed by atoms with Crippen molar-refractivity contribution < 1.29 is 23.5 Å². The number of likely N-dealkylation sites (N-methyl/N-ethyl adjacent to an activating group) is 1. The number of benzene rings is 1. The smallest absolute Gasteiger partial charge is 0.332 e. The number of methoxy groups -OCH3 is 1. The molecule has 1 fully saturated rings. The Morgan fingerprint density at radius 2 is 2.05 bits per heavy atom. The molecular weight excluding hydrogens is 553 g/mol. The standard InChI is InChI=1S/C28H30FN5O6S/c1-16(35)9-13-40-22(19-14-18(29)6-7-21(19)39-4)15-32-27-23(17(2)26(41-27)33-11-5-10-30-33)25(37)34(28(32)38)20-8-12-31(3)24(20)36/h5-7,10-11,14,20,22H,8-9,12-13,15H2,1-4H3/t20-,22-/m0/s1. The Balaban J connectivity index is 1.74. The highest BCUT2D eigenvalue weighted by molar-refractivity contribution is 7.21. The van der Waals surface area contributed by atoms with Gasteiger partial charge in [-0.3, -0.25) is 19.0 Å². The number of aryl methyl sites for hydroxylation is 1. The Hall–Kier alpha value is -4.10. The topological polar surface area (TPSA) is 118 Å². The Morgan fingerprint density at radius 1 is 1.27 bits per heavy atom. The molecule has 0 aliphatic carbocycles. The van der Waals surface area contributed by atoms with Gasteiger partial charge in [-0.2, -0.15) is 5.10 Å². The number of amides is 1. The molecule has 3 aromatic heterocycles. The summed E-state index contributed by atoms with van der Waals surface area (Å²) in [6.45, 7) is 3.50. The van der Waals surface area contributed by atoms with Crippen molar-refractivity contribution in [2.45, 2.75) is 45.4 Å². The van der Waals surface area contributed by atoms with E-state index in [0.29, 0.717) is 39.7 Å². The summed E-state index contributed by atoms with van der Waals surface area (Å²) in [5.74, 6) is -0.610. The van der Waals surface area contributed by atoms with Gasteiger partial charge in [0.05, 0.1) is 25.6 Å². The van der Waals surface area contributed by atoms with Gasteiger partial charge in [0, 0.05) is 43.5 Å². The second kappa shape index (κ2) is 11.4. The summed E-state index contributed by atoms with van der Waals surface area (Å²) in [7, 11) is 3.07. The van der Waals surface area contributed by atoms with Crippen LogP contribution < -0.4 is 16.0 Å². The summed E-state index contributed by atoms with van der Waals surface area (Å²) in [5.41, 5.74) is -0.289. The molecule has 0 spiro atoms. The third-order valence-corrected chi connectivity index (χ3v) is 8.61. The maximum Gasteiger partial charge on any atom is 0.332 e. The number of likely N-dealkylation sites (tertiary alicyclic amines) is 1. The van der Waals surface area contributed by atoms with Gasteiger partial charge in [-0.1, -0.05) is 11.3 Å². The lowest BCUT2D eigenvalue weighted by molar-refractivity contribution is -0.129. The molecule has 216 valence electrons. The minimum atomic E-state index is -0.955. The fourth-order valence-corrected chi connectivity index (χ4v) is 6.39. The fourth-order valence-electron chi connectivity index (χ4n) is 5.15. The van der Waals surface area contributed by atoms with Crippen molar-refractivity contribution in [2.24, 2.45) is 0 Å². The zero-order valence-electron chi connectivity index (χ0n) is 23.1. The van der Waals surface area contributed by atoms with Crippen molar-refractivity contribution in [2.75, 3.05) is 27.3 Å². The van der Waals surface area contributed by atoms with E-state index in [2.05, 4.69) is 5.10 Å². The van der Waals surface area contributed by atoms with Gasteiger partial charge >= 0.3 is 5.69 Å². The third kappa shape index (κ3) is 5.22. The van der Waals surface area contributed by atoms with Gasteiger partial charge in [-0.15, -0.1) is 0 Å². The number of aromatic nitrogens is 4. The number of thiophene rings is 1. The maximum atomic E-state index is 14.5. The van der Waals surface area contributed by atoms with Crippen LogP contribution in [0.5, 0.6) is 5.75 Å². The van der Waals surface area contributed by atoms with Gasteiger partial charge in [-0.05, 0) is 44.5 Å². The number of halogens is 1. The molecule has 11 nitrogen and oxygen atoms in total. The number of ketones is 1. The van der Waals surface area contributed by atoms with Crippen molar-refractivity contribution in [3.05, 3.63) is 74.4 Å². The average molecular weight is 584 g/mol. The van der Waals surface area contributed by atoms with Crippen LogP contribution in [0.4, 0.5) is 4.39 Å². The van der Waals surface area contributed by atoms with Crippen LogP contribution in [0.15, 0.2) is 46.2 Å². The second-order valence-electron chi connectivity index (χ2n) is 9.99. The van der Waals surface area contributed by atoms with Crippen LogP contribution in [-0.4, -0.2) is 62.8 Å². The normalized spacial score (nSPS) is 16.1. The largest absolute Gasteiger partial charge is 0.496 e. The molecule has 1 amide bonds. The van der Waals surface area contributed by atoms with Gasteiger partial charge in [0.25, 0.3) is 5.56 Å². The van der Waals surface area contributed by atoms with E-state index >= 15 is 0 Å². The lowest BCUT2D eigenvalue weighted by Crippen LogP contribution is -2.44. The molecule has 0 radical (unpaired) electrons. The number of carbonyl (C=O) groups is 2. The molecule has 41 heavy (non-hydrogen) atoms. The van der Waals surface area contributed by atoms with E-state index in [1.807, 2.05) is 0 Å². The van der Waals surface area contributed by atoms with Crippen LogP contribution in [0.3, 0.4) is 0 Å². The Bertz CT molecular complexity index is 1740. The van der Waals surface area contributed by atoms with Crippen molar-refractivity contribution in [3.63, 3.8) is 0 Å². The zero-order valence-corrected chi connectivity index (χ0v) is 23.9. The molecule has 4 heterocycles. The Labute approximate surface area is 238 Å². The molecular formula is C28H30FN5O6S. The lowest BCUT2D eigenvalue weighted by Gasteiger charge is -2.23. The number of hydrogen-bond donors (Lipinski definition) is 0. The van der Waals surface area contributed by atoms with Gasteiger partial charge in [0.1, 0.15) is 39.3 Å². The van der Waals surface area contributed by atoms with E-state index in [0.717, 1.165) is 4.57 Å². The maximum absolute atomic E-state index is 14.5. The molecule has 4 aromatic rings. The molecule has 5 rings (SSSR count). The molecule has 0 bridgehead atoms. The van der Waals surface area contributed by atoms with Crippen LogP contribution >= 0.6 is 11.3 Å². The van der Waals surface area contributed by atoms with Gasteiger partial charge in [-0.25, -0.2) is 18.4 Å². The van der Waals surface area contributed by atoms with E-state index in [1.54, 1.807) is 37.1 Å². The molecule has 0 N–H and O–H groups in total. The average Bonchev–Trinajstić information content (AvgIpc) is 3.66. The van der Waals surface area contributed by atoms with Gasteiger partial charge < -0.3 is 14.4 Å². The minimum absolute atomic E-state index is 0.0190. The number of fused-ring (bicyclic) bond motifs is 1. The first-order valence-corrected chi connectivity index (χ1v) is 13.9. The summed E-state index contributed by atoms with van der Waals surface area (Å²) >= 11 is 1.21. The SMILES string of the molecule is COc1ccc(F)cc1[C@H](Cn1c(=O)n([C@H]2CCN(C)C2=O)c(=O)c2c(C)c(-n3cccn3)sc21)OCCC(C)=O. The molecule has 1 aromatic carbocycles. The van der Waals surface area contributed by atoms with E-state index < -0.39 is 29.2 Å². The van der Waals surface area contributed by atoms with Gasteiger partial charge in [0.15, 0.2) is 0 Å². The van der Waals surface area contributed by atoms with Crippen molar-refractivity contribution >= 4 is 33.2 Å². The third-order valence-electron chi connectivity index (χ3n) is 7.30.